The summed E-state index contributed by atoms with van der Waals surface area (Å²) >= 11 is 3.36. The molecule has 4 rings (SSSR count). The van der Waals surface area contributed by atoms with E-state index in [9.17, 15) is 23.6 Å². The van der Waals surface area contributed by atoms with Crippen molar-refractivity contribution in [3.05, 3.63) is 75.3 Å². The molecule has 0 atom stereocenters. The maximum absolute atomic E-state index is 12.8. The molecule has 0 radical (unpaired) electrons. The molecular weight excluding hydrogens is 530 g/mol. The molecule has 0 unspecified atom stereocenters. The third-order valence-corrected chi connectivity index (χ3v) is 6.82. The van der Waals surface area contributed by atoms with Crippen LogP contribution in [0.1, 0.15) is 0 Å². The maximum Gasteiger partial charge on any atom is 0.298 e. The number of halogens is 1. The molecule has 11 nitrogen and oxygen atoms in total. The van der Waals surface area contributed by atoms with Crippen LogP contribution in [-0.4, -0.2) is 30.5 Å². The Labute approximate surface area is 201 Å². The number of hydrogen-bond acceptors (Lipinski definition) is 8. The largest absolute Gasteiger partial charge is 0.495 e. The Kier molecular flexibility index (Phi) is 6.22. The van der Waals surface area contributed by atoms with E-state index < -0.39 is 20.6 Å². The smallest absolute Gasteiger partial charge is 0.298 e. The van der Waals surface area contributed by atoms with Crippen LogP contribution >= 0.6 is 15.9 Å². The zero-order chi connectivity index (χ0) is 24.5. The first kappa shape index (κ1) is 23.2. The second-order valence-electron chi connectivity index (χ2n) is 6.90. The lowest BCUT2D eigenvalue weighted by atomic mass is 10.2. The Balaban J connectivity index is 1.71. The van der Waals surface area contributed by atoms with Gasteiger partial charge in [-0.15, -0.1) is 10.2 Å². The second-order valence-corrected chi connectivity index (χ2v) is 9.43. The van der Waals surface area contributed by atoms with Gasteiger partial charge in [0.05, 0.1) is 28.1 Å². The number of fused-ring (bicyclic) bond motifs is 1. The zero-order valence-corrected chi connectivity index (χ0v) is 19.8. The van der Waals surface area contributed by atoms with Crippen molar-refractivity contribution in [3.8, 4) is 11.6 Å². The van der Waals surface area contributed by atoms with Crippen LogP contribution in [0.2, 0.25) is 0 Å². The number of anilines is 1. The Morgan fingerprint density at radius 3 is 2.62 bits per heavy atom. The monoisotopic (exact) mass is 545 g/mol. The number of aromatic hydroxyl groups is 1. The molecule has 0 amide bonds. The molecule has 0 spiro atoms. The molecule has 0 saturated heterocycles. The number of hydrogen-bond donors (Lipinski definition) is 3. The van der Waals surface area contributed by atoms with Gasteiger partial charge in [-0.05, 0) is 46.3 Å². The first-order valence-electron chi connectivity index (χ1n) is 9.56. The van der Waals surface area contributed by atoms with E-state index in [0.29, 0.717) is 15.4 Å². The van der Waals surface area contributed by atoms with Crippen LogP contribution in [0.3, 0.4) is 0 Å². The van der Waals surface area contributed by atoms with E-state index >= 15 is 0 Å². The number of sulfonamides is 1. The lowest BCUT2D eigenvalue weighted by Gasteiger charge is -2.11. The number of nitrogens with one attached hydrogen (secondary N) is 2. The number of nitrogens with zero attached hydrogens (tertiary/aromatic N) is 3. The van der Waals surface area contributed by atoms with Crippen LogP contribution in [0.15, 0.2) is 80.3 Å². The SMILES string of the molecule is COc1ccccc1NS(=O)(=O)c1ccc(N=Nc2c(O)[nH]c3c(Br)cccc23)c([N+](=O)[O-])c1. The Morgan fingerprint density at radius 1 is 1.12 bits per heavy atom. The highest BCUT2D eigenvalue weighted by Gasteiger charge is 2.23. The number of nitro benzene ring substituents is 1. The van der Waals surface area contributed by atoms with Gasteiger partial charge in [0, 0.05) is 15.9 Å². The minimum absolute atomic E-state index is 0.0835. The summed E-state index contributed by atoms with van der Waals surface area (Å²) in [4.78, 5) is 13.3. The second kappa shape index (κ2) is 9.11. The fraction of sp³-hybridized carbons (Fsp3) is 0.0476. The molecule has 3 N–H and O–H groups in total. The number of aromatic amines is 1. The summed E-state index contributed by atoms with van der Waals surface area (Å²) in [6.07, 6.45) is 0. The van der Waals surface area contributed by atoms with Crippen LogP contribution in [0.5, 0.6) is 11.6 Å². The van der Waals surface area contributed by atoms with Gasteiger partial charge in [-0.1, -0.05) is 24.3 Å². The van der Waals surface area contributed by atoms with Crippen molar-refractivity contribution in [1.82, 2.24) is 4.98 Å². The van der Waals surface area contributed by atoms with E-state index in [0.717, 1.165) is 6.07 Å². The van der Waals surface area contributed by atoms with Crippen molar-refractivity contribution < 1.29 is 23.2 Å². The van der Waals surface area contributed by atoms with Crippen molar-refractivity contribution in [2.24, 2.45) is 10.2 Å². The van der Waals surface area contributed by atoms with Crippen LogP contribution < -0.4 is 9.46 Å². The van der Waals surface area contributed by atoms with Gasteiger partial charge in [0.2, 0.25) is 5.88 Å². The van der Waals surface area contributed by atoms with Crippen LogP contribution in [-0.2, 0) is 10.0 Å². The number of ether oxygens (including phenoxy) is 1. The highest BCUT2D eigenvalue weighted by Crippen LogP contribution is 2.40. The van der Waals surface area contributed by atoms with E-state index in [1.807, 2.05) is 0 Å². The maximum atomic E-state index is 12.8. The van der Waals surface area contributed by atoms with Gasteiger partial charge >= 0.3 is 0 Å². The molecule has 0 saturated carbocycles. The molecule has 13 heteroatoms. The Hall–Kier alpha value is -3.97. The van der Waals surface area contributed by atoms with E-state index in [1.165, 1.54) is 25.3 Å². The first-order valence-corrected chi connectivity index (χ1v) is 11.8. The minimum Gasteiger partial charge on any atom is -0.495 e. The number of benzene rings is 3. The topological polar surface area (TPSA) is 159 Å². The molecule has 0 bridgehead atoms. The predicted octanol–water partition coefficient (Wildman–Crippen LogP) is 5.77. The molecule has 0 aliphatic rings. The van der Waals surface area contributed by atoms with Crippen LogP contribution in [0.4, 0.5) is 22.7 Å². The molecule has 174 valence electrons. The van der Waals surface area contributed by atoms with Gasteiger partial charge in [0.1, 0.15) is 5.75 Å². The van der Waals surface area contributed by atoms with E-state index in [-0.39, 0.29) is 33.6 Å². The van der Waals surface area contributed by atoms with Crippen molar-refractivity contribution in [1.29, 1.82) is 0 Å². The molecular formula is C21H16BrN5O6S. The van der Waals surface area contributed by atoms with Gasteiger partial charge in [0.15, 0.2) is 11.4 Å². The van der Waals surface area contributed by atoms with E-state index in [4.69, 9.17) is 4.74 Å². The van der Waals surface area contributed by atoms with Crippen molar-refractivity contribution >= 4 is 59.6 Å². The van der Waals surface area contributed by atoms with Crippen LogP contribution in [0.25, 0.3) is 10.9 Å². The number of para-hydroxylation sites is 3. The minimum atomic E-state index is -4.17. The van der Waals surface area contributed by atoms with Gasteiger partial charge in [0.25, 0.3) is 15.7 Å². The molecule has 4 aromatic rings. The number of rotatable bonds is 7. The Bertz CT molecular complexity index is 1550. The number of nitro groups is 1. The molecule has 34 heavy (non-hydrogen) atoms. The lowest BCUT2D eigenvalue weighted by molar-refractivity contribution is -0.384. The normalized spacial score (nSPS) is 11.7. The van der Waals surface area contributed by atoms with E-state index in [2.05, 4.69) is 35.9 Å². The highest BCUT2D eigenvalue weighted by atomic mass is 79.9. The van der Waals surface area contributed by atoms with Crippen molar-refractivity contribution in [3.63, 3.8) is 0 Å². The van der Waals surface area contributed by atoms with Crippen molar-refractivity contribution in [2.75, 3.05) is 11.8 Å². The fourth-order valence-electron chi connectivity index (χ4n) is 3.19. The molecule has 1 heterocycles. The van der Waals surface area contributed by atoms with Crippen molar-refractivity contribution in [2.45, 2.75) is 4.90 Å². The summed E-state index contributed by atoms with van der Waals surface area (Å²) in [6, 6.07) is 14.8. The molecule has 1 aromatic heterocycles. The summed E-state index contributed by atoms with van der Waals surface area (Å²) < 4.78 is 33.9. The first-order chi connectivity index (χ1) is 16.2. The quantitative estimate of drug-likeness (QED) is 0.152. The number of H-pyrrole nitrogens is 1. The standard InChI is InChI=1S/C21H16BrN5O6S/c1-33-18-8-3-2-7-16(18)26-34(31,32)12-9-10-15(17(11-12)27(29)30)24-25-20-13-5-4-6-14(22)19(13)23-21(20)28/h2-11,23,26,28H,1H3. The Morgan fingerprint density at radius 2 is 1.88 bits per heavy atom. The molecule has 0 aliphatic carbocycles. The number of aromatic nitrogens is 1. The van der Waals surface area contributed by atoms with Gasteiger partial charge in [-0.3, -0.25) is 14.8 Å². The predicted molar refractivity (Wildman–Crippen MR) is 129 cm³/mol. The molecule has 0 fully saturated rings. The average Bonchev–Trinajstić information content (AvgIpc) is 3.14. The summed E-state index contributed by atoms with van der Waals surface area (Å²) in [7, 11) is -2.78. The lowest BCUT2D eigenvalue weighted by Crippen LogP contribution is -2.13. The summed E-state index contributed by atoms with van der Waals surface area (Å²) in [6.45, 7) is 0. The fourth-order valence-corrected chi connectivity index (χ4v) is 4.75. The zero-order valence-electron chi connectivity index (χ0n) is 17.4. The number of methoxy groups -OCH3 is 1. The number of azo groups is 1. The molecule has 3 aromatic carbocycles. The summed E-state index contributed by atoms with van der Waals surface area (Å²) in [5.41, 5.74) is 0.0713. The summed E-state index contributed by atoms with van der Waals surface area (Å²) in [5.74, 6) is 0.0182. The van der Waals surface area contributed by atoms with Gasteiger partial charge in [-0.25, -0.2) is 8.42 Å². The van der Waals surface area contributed by atoms with Crippen LogP contribution in [0, 0.1) is 10.1 Å². The third-order valence-electron chi connectivity index (χ3n) is 4.80. The van der Waals surface area contributed by atoms with Gasteiger partial charge < -0.3 is 14.8 Å². The third kappa shape index (κ3) is 4.43. The summed E-state index contributed by atoms with van der Waals surface area (Å²) in [5, 5.41) is 30.2. The highest BCUT2D eigenvalue weighted by molar-refractivity contribution is 9.10. The van der Waals surface area contributed by atoms with Gasteiger partial charge in [-0.2, -0.15) is 0 Å². The van der Waals surface area contributed by atoms with E-state index in [1.54, 1.807) is 36.4 Å². The average molecular weight is 546 g/mol. The molecule has 0 aliphatic heterocycles.